The van der Waals surface area contributed by atoms with Crippen LogP contribution in [0, 0.1) is 0 Å². The second-order valence-electron chi connectivity index (χ2n) is 6.29. The molecule has 0 aromatic heterocycles. The van der Waals surface area contributed by atoms with Gasteiger partial charge in [-0.05, 0) is 25.0 Å². The molecule has 0 aliphatic carbocycles. The highest BCUT2D eigenvalue weighted by Gasteiger charge is 2.41. The first-order chi connectivity index (χ1) is 13.0. The molecule has 0 saturated carbocycles. The smallest absolute Gasteiger partial charge is 0.350 e. The molecule has 7 heteroatoms. The van der Waals surface area contributed by atoms with Crippen LogP contribution in [0.25, 0.3) is 0 Å². The minimum Gasteiger partial charge on any atom is -0.376 e. The fourth-order valence-electron chi connectivity index (χ4n) is 2.88. The zero-order chi connectivity index (χ0) is 19.3. The Bertz CT molecular complexity index is 806. The zero-order valence-electron chi connectivity index (χ0n) is 14.6. The van der Waals surface area contributed by atoms with E-state index in [2.05, 4.69) is 10.6 Å². The van der Waals surface area contributed by atoms with Gasteiger partial charge < -0.3 is 15.4 Å². The van der Waals surface area contributed by atoms with Crippen molar-refractivity contribution in [3.63, 3.8) is 0 Å². The number of benzene rings is 2. The summed E-state index contributed by atoms with van der Waals surface area (Å²) in [6, 6.07) is 12.9. The van der Waals surface area contributed by atoms with Crippen molar-refractivity contribution >= 4 is 17.5 Å². The molecule has 1 unspecified atom stereocenters. The van der Waals surface area contributed by atoms with Gasteiger partial charge in [-0.3, -0.25) is 9.59 Å². The first-order valence-corrected chi connectivity index (χ1v) is 8.72. The number of anilines is 1. The Balaban J connectivity index is 1.71. The summed E-state index contributed by atoms with van der Waals surface area (Å²) < 4.78 is 34.2. The van der Waals surface area contributed by atoms with Crippen LogP contribution in [0.5, 0.6) is 0 Å². The van der Waals surface area contributed by atoms with Crippen molar-refractivity contribution in [2.45, 2.75) is 24.9 Å². The molecule has 2 aromatic rings. The molecule has 1 saturated heterocycles. The maximum absolute atomic E-state index is 14.4. The average Bonchev–Trinajstić information content (AvgIpc) is 3.21. The Kier molecular flexibility index (Phi) is 5.81. The number of hydrogen-bond donors (Lipinski definition) is 2. The number of amides is 2. The molecule has 27 heavy (non-hydrogen) atoms. The maximum atomic E-state index is 14.4. The van der Waals surface area contributed by atoms with Gasteiger partial charge in [0.25, 0.3) is 11.8 Å². The van der Waals surface area contributed by atoms with Crippen LogP contribution >= 0.6 is 0 Å². The van der Waals surface area contributed by atoms with Crippen molar-refractivity contribution in [1.29, 1.82) is 0 Å². The molecule has 1 aliphatic heterocycles. The van der Waals surface area contributed by atoms with Crippen molar-refractivity contribution < 1.29 is 23.1 Å². The monoisotopic (exact) mass is 374 g/mol. The van der Waals surface area contributed by atoms with Crippen LogP contribution in [-0.4, -0.2) is 31.1 Å². The number of alkyl halides is 2. The SMILES string of the molecule is O=C(NCC1CCCO1)c1ccccc1NC(=O)C(F)(F)c1ccccc1. The van der Waals surface area contributed by atoms with Crippen LogP contribution in [0.4, 0.5) is 14.5 Å². The predicted molar refractivity (Wildman–Crippen MR) is 96.7 cm³/mol. The van der Waals surface area contributed by atoms with Crippen LogP contribution in [0.15, 0.2) is 54.6 Å². The van der Waals surface area contributed by atoms with E-state index in [0.29, 0.717) is 13.2 Å². The second kappa shape index (κ2) is 8.26. The first-order valence-electron chi connectivity index (χ1n) is 8.72. The third-order valence-corrected chi connectivity index (χ3v) is 4.36. The van der Waals surface area contributed by atoms with Gasteiger partial charge in [-0.15, -0.1) is 0 Å². The van der Waals surface area contributed by atoms with Gasteiger partial charge >= 0.3 is 5.92 Å². The van der Waals surface area contributed by atoms with Gasteiger partial charge in [-0.2, -0.15) is 8.78 Å². The lowest BCUT2D eigenvalue weighted by Crippen LogP contribution is -2.35. The topological polar surface area (TPSA) is 67.4 Å². The minimum absolute atomic E-state index is 0.0305. The van der Waals surface area contributed by atoms with Crippen molar-refractivity contribution in [2.24, 2.45) is 0 Å². The van der Waals surface area contributed by atoms with Crippen molar-refractivity contribution in [3.05, 3.63) is 65.7 Å². The Morgan fingerprint density at radius 3 is 2.48 bits per heavy atom. The summed E-state index contributed by atoms with van der Waals surface area (Å²) in [6.45, 7) is 1.00. The highest BCUT2D eigenvalue weighted by atomic mass is 19.3. The summed E-state index contributed by atoms with van der Waals surface area (Å²) >= 11 is 0. The van der Waals surface area contributed by atoms with Crippen LogP contribution in [0.1, 0.15) is 28.8 Å². The maximum Gasteiger partial charge on any atom is 0.350 e. The highest BCUT2D eigenvalue weighted by Crippen LogP contribution is 2.30. The Hall–Kier alpha value is -2.80. The number of rotatable bonds is 6. The molecule has 142 valence electrons. The Labute approximate surface area is 155 Å². The van der Waals surface area contributed by atoms with E-state index in [4.69, 9.17) is 4.74 Å². The average molecular weight is 374 g/mol. The molecule has 0 bridgehead atoms. The molecule has 2 amide bonds. The van der Waals surface area contributed by atoms with E-state index >= 15 is 0 Å². The number of para-hydroxylation sites is 1. The zero-order valence-corrected chi connectivity index (χ0v) is 14.6. The molecular weight excluding hydrogens is 354 g/mol. The summed E-state index contributed by atoms with van der Waals surface area (Å²) in [5.41, 5.74) is -0.265. The second-order valence-corrected chi connectivity index (χ2v) is 6.29. The van der Waals surface area contributed by atoms with Gasteiger partial charge in [0.1, 0.15) is 0 Å². The van der Waals surface area contributed by atoms with Gasteiger partial charge in [0.05, 0.1) is 17.4 Å². The molecule has 1 heterocycles. The van der Waals surface area contributed by atoms with Gasteiger partial charge in [-0.25, -0.2) is 0 Å². The van der Waals surface area contributed by atoms with Crippen LogP contribution in [0.2, 0.25) is 0 Å². The summed E-state index contributed by atoms with van der Waals surface area (Å²) in [5, 5.41) is 4.90. The third kappa shape index (κ3) is 4.49. The minimum atomic E-state index is -3.72. The van der Waals surface area contributed by atoms with Crippen molar-refractivity contribution in [3.8, 4) is 0 Å². The normalized spacial score (nSPS) is 16.7. The molecule has 3 rings (SSSR count). The van der Waals surface area contributed by atoms with Gasteiger partial charge in [0.15, 0.2) is 0 Å². The number of carbonyl (C=O) groups is 2. The summed E-state index contributed by atoms with van der Waals surface area (Å²) in [6.07, 6.45) is 1.77. The van der Waals surface area contributed by atoms with Crippen molar-refractivity contribution in [1.82, 2.24) is 5.32 Å². The number of nitrogens with one attached hydrogen (secondary N) is 2. The van der Waals surface area contributed by atoms with Crippen molar-refractivity contribution in [2.75, 3.05) is 18.5 Å². The van der Waals surface area contributed by atoms with E-state index in [1.165, 1.54) is 36.4 Å². The molecular formula is C20H20F2N2O3. The summed E-state index contributed by atoms with van der Waals surface area (Å²) in [7, 11) is 0. The standard InChI is InChI=1S/C20H20F2N2O3/c21-20(22,14-7-2-1-3-8-14)19(26)24-17-11-5-4-10-16(17)18(25)23-13-15-9-6-12-27-15/h1-5,7-8,10-11,15H,6,9,12-13H2,(H,23,25)(H,24,26). The van der Waals surface area contributed by atoms with E-state index in [0.717, 1.165) is 12.8 Å². The van der Waals surface area contributed by atoms with E-state index in [1.807, 2.05) is 0 Å². The lowest BCUT2D eigenvalue weighted by molar-refractivity contribution is -0.140. The van der Waals surface area contributed by atoms with E-state index in [-0.39, 0.29) is 17.4 Å². The van der Waals surface area contributed by atoms with Gasteiger partial charge in [-0.1, -0.05) is 42.5 Å². The molecule has 5 nitrogen and oxygen atoms in total. The lowest BCUT2D eigenvalue weighted by Gasteiger charge is -2.18. The molecule has 1 fully saturated rings. The third-order valence-electron chi connectivity index (χ3n) is 4.36. The number of carbonyl (C=O) groups excluding carboxylic acids is 2. The first kappa shape index (κ1) is 19.0. The molecule has 1 atom stereocenters. The van der Waals surface area contributed by atoms with Gasteiger partial charge in [0, 0.05) is 18.7 Å². The lowest BCUT2D eigenvalue weighted by atomic mass is 10.1. The fraction of sp³-hybridized carbons (Fsp3) is 0.300. The summed E-state index contributed by atoms with van der Waals surface area (Å²) in [4.78, 5) is 24.6. The number of ether oxygens (including phenoxy) is 1. The van der Waals surface area contributed by atoms with Crippen LogP contribution < -0.4 is 10.6 Å². The highest BCUT2D eigenvalue weighted by molar-refractivity contribution is 6.05. The Morgan fingerprint density at radius 2 is 1.78 bits per heavy atom. The van der Waals surface area contributed by atoms with Crippen LogP contribution in [-0.2, 0) is 15.5 Å². The summed E-state index contributed by atoms with van der Waals surface area (Å²) in [5.74, 6) is -5.67. The quantitative estimate of drug-likeness (QED) is 0.815. The van der Waals surface area contributed by atoms with E-state index < -0.39 is 23.3 Å². The van der Waals surface area contributed by atoms with E-state index in [1.54, 1.807) is 18.2 Å². The largest absolute Gasteiger partial charge is 0.376 e. The Morgan fingerprint density at radius 1 is 1.07 bits per heavy atom. The molecule has 1 aliphatic rings. The van der Waals surface area contributed by atoms with E-state index in [9.17, 15) is 18.4 Å². The molecule has 2 aromatic carbocycles. The molecule has 2 N–H and O–H groups in total. The van der Waals surface area contributed by atoms with Gasteiger partial charge in [0.2, 0.25) is 0 Å². The molecule has 0 spiro atoms. The fourth-order valence-corrected chi connectivity index (χ4v) is 2.88. The number of halogens is 2. The van der Waals surface area contributed by atoms with Crippen LogP contribution in [0.3, 0.4) is 0 Å². The molecule has 0 radical (unpaired) electrons. The number of hydrogen-bond acceptors (Lipinski definition) is 3. The predicted octanol–water partition coefficient (Wildman–Crippen LogP) is 3.33.